The molecule has 0 unspecified atom stereocenters. The van der Waals surface area contributed by atoms with E-state index in [-0.39, 0.29) is 16.7 Å². The molecule has 0 saturated carbocycles. The average Bonchev–Trinajstić information content (AvgIpc) is 2.72. The van der Waals surface area contributed by atoms with E-state index < -0.39 is 10.0 Å². The Balaban J connectivity index is 1.66. The summed E-state index contributed by atoms with van der Waals surface area (Å²) in [5.41, 5.74) is 2.78. The van der Waals surface area contributed by atoms with Crippen molar-refractivity contribution >= 4 is 15.9 Å². The quantitative estimate of drug-likeness (QED) is 0.644. The summed E-state index contributed by atoms with van der Waals surface area (Å²) >= 11 is 0. The Labute approximate surface area is 165 Å². The summed E-state index contributed by atoms with van der Waals surface area (Å²) in [6.07, 6.45) is 0.745. The normalized spacial score (nSPS) is 11.4. The summed E-state index contributed by atoms with van der Waals surface area (Å²) in [5, 5.41) is 7.99. The number of sulfonamides is 1. The number of nitrogens with one attached hydrogen (secondary N) is 1. The molecule has 0 saturated heterocycles. The van der Waals surface area contributed by atoms with Crippen molar-refractivity contribution in [3.8, 4) is 0 Å². The van der Waals surface area contributed by atoms with Crippen LogP contribution in [-0.2, 0) is 10.0 Å². The lowest BCUT2D eigenvalue weighted by Crippen LogP contribution is -2.26. The van der Waals surface area contributed by atoms with Crippen molar-refractivity contribution in [3.63, 3.8) is 0 Å². The fourth-order valence-electron chi connectivity index (χ4n) is 3.12. The van der Waals surface area contributed by atoms with E-state index in [0.717, 1.165) is 6.42 Å². The van der Waals surface area contributed by atoms with Gasteiger partial charge in [0.1, 0.15) is 0 Å². The van der Waals surface area contributed by atoms with Gasteiger partial charge in [-0.2, -0.15) is 0 Å². The van der Waals surface area contributed by atoms with Gasteiger partial charge in [0.15, 0.2) is 0 Å². The van der Waals surface area contributed by atoms with Gasteiger partial charge in [-0.05, 0) is 41.8 Å². The standard InChI is InChI=1S/C22H22N2O3S/c23-28(26,27)20-13-11-19(12-14-20)22(25)24-16-15-21(17-7-3-1-4-8-17)18-9-5-2-6-10-18/h1-14,21H,15-16H2,(H,24,25)(H2,23,26,27). The van der Waals surface area contributed by atoms with E-state index in [0.29, 0.717) is 12.1 Å². The molecule has 0 atom stereocenters. The van der Waals surface area contributed by atoms with Gasteiger partial charge < -0.3 is 5.32 Å². The maximum Gasteiger partial charge on any atom is 0.251 e. The molecule has 0 fully saturated rings. The second kappa shape index (κ2) is 8.82. The molecule has 0 aliphatic carbocycles. The van der Waals surface area contributed by atoms with Crippen molar-refractivity contribution in [2.75, 3.05) is 6.54 Å². The molecule has 0 aliphatic rings. The molecule has 0 aromatic heterocycles. The molecule has 28 heavy (non-hydrogen) atoms. The number of nitrogens with two attached hydrogens (primary N) is 1. The molecule has 0 radical (unpaired) electrons. The van der Waals surface area contributed by atoms with Crippen molar-refractivity contribution in [3.05, 3.63) is 102 Å². The summed E-state index contributed by atoms with van der Waals surface area (Å²) in [7, 11) is -3.77. The number of benzene rings is 3. The molecule has 0 heterocycles. The third-order valence-electron chi connectivity index (χ3n) is 4.57. The summed E-state index contributed by atoms with van der Waals surface area (Å²) < 4.78 is 22.6. The van der Waals surface area contributed by atoms with E-state index in [1.54, 1.807) is 0 Å². The molecule has 6 heteroatoms. The molecule has 3 N–H and O–H groups in total. The van der Waals surface area contributed by atoms with Crippen molar-refractivity contribution in [2.24, 2.45) is 5.14 Å². The Morgan fingerprint density at radius 2 is 1.32 bits per heavy atom. The molecule has 5 nitrogen and oxygen atoms in total. The highest BCUT2D eigenvalue weighted by Crippen LogP contribution is 2.27. The molecule has 1 amide bonds. The lowest BCUT2D eigenvalue weighted by Gasteiger charge is -2.18. The van der Waals surface area contributed by atoms with Crippen molar-refractivity contribution in [1.29, 1.82) is 0 Å². The minimum Gasteiger partial charge on any atom is -0.352 e. The zero-order valence-corrected chi connectivity index (χ0v) is 16.1. The van der Waals surface area contributed by atoms with Crippen LogP contribution in [0.3, 0.4) is 0 Å². The van der Waals surface area contributed by atoms with Crippen LogP contribution in [-0.4, -0.2) is 20.9 Å². The van der Waals surface area contributed by atoms with Crippen molar-refractivity contribution in [1.82, 2.24) is 5.32 Å². The lowest BCUT2D eigenvalue weighted by molar-refractivity contribution is 0.0952. The molecule has 3 rings (SSSR count). The highest BCUT2D eigenvalue weighted by atomic mass is 32.2. The van der Waals surface area contributed by atoms with E-state index in [2.05, 4.69) is 29.6 Å². The molecular formula is C22H22N2O3S. The van der Waals surface area contributed by atoms with Gasteiger partial charge in [0.05, 0.1) is 4.90 Å². The van der Waals surface area contributed by atoms with Gasteiger partial charge in [-0.15, -0.1) is 0 Å². The van der Waals surface area contributed by atoms with Gasteiger partial charge in [0.2, 0.25) is 10.0 Å². The van der Waals surface area contributed by atoms with Gasteiger partial charge in [0.25, 0.3) is 5.91 Å². The first kappa shape index (κ1) is 19.8. The Morgan fingerprint density at radius 3 is 1.79 bits per heavy atom. The SMILES string of the molecule is NS(=O)(=O)c1ccc(C(=O)NCCC(c2ccccc2)c2ccccc2)cc1. The number of rotatable bonds is 7. The van der Waals surface area contributed by atoms with Crippen LogP contribution in [0.1, 0.15) is 33.8 Å². The van der Waals surface area contributed by atoms with Crippen LogP contribution in [0.4, 0.5) is 0 Å². The van der Waals surface area contributed by atoms with Crippen LogP contribution in [0, 0.1) is 0 Å². The van der Waals surface area contributed by atoms with Crippen LogP contribution in [0.2, 0.25) is 0 Å². The van der Waals surface area contributed by atoms with E-state index in [1.165, 1.54) is 35.4 Å². The summed E-state index contributed by atoms with van der Waals surface area (Å²) in [5.74, 6) is -0.0756. The molecule has 0 aliphatic heterocycles. The summed E-state index contributed by atoms with van der Waals surface area (Å²) in [4.78, 5) is 12.4. The van der Waals surface area contributed by atoms with Crippen LogP contribution < -0.4 is 10.5 Å². The Kier molecular flexibility index (Phi) is 6.23. The van der Waals surface area contributed by atoms with E-state index in [4.69, 9.17) is 5.14 Å². The summed E-state index contributed by atoms with van der Waals surface area (Å²) in [6.45, 7) is 0.490. The number of carbonyl (C=O) groups excluding carboxylic acids is 1. The maximum atomic E-state index is 12.4. The van der Waals surface area contributed by atoms with Gasteiger partial charge in [-0.1, -0.05) is 60.7 Å². The topological polar surface area (TPSA) is 89.3 Å². The fraction of sp³-hybridized carbons (Fsp3) is 0.136. The minimum absolute atomic E-state index is 0.0164. The second-order valence-corrected chi connectivity index (χ2v) is 8.05. The Morgan fingerprint density at radius 1 is 0.821 bits per heavy atom. The Hall–Kier alpha value is -2.96. The first-order valence-corrected chi connectivity index (χ1v) is 10.5. The van der Waals surface area contributed by atoms with Crippen molar-refractivity contribution in [2.45, 2.75) is 17.2 Å². The van der Waals surface area contributed by atoms with Gasteiger partial charge in [0, 0.05) is 18.0 Å². The fourth-order valence-corrected chi connectivity index (χ4v) is 3.64. The van der Waals surface area contributed by atoms with Crippen molar-refractivity contribution < 1.29 is 13.2 Å². The lowest BCUT2D eigenvalue weighted by atomic mass is 9.88. The first-order chi connectivity index (χ1) is 13.4. The molecular weight excluding hydrogens is 372 g/mol. The maximum absolute atomic E-state index is 12.4. The Bertz CT molecular complexity index is 979. The van der Waals surface area contributed by atoms with Gasteiger partial charge in [-0.3, -0.25) is 4.79 Å². The first-order valence-electron chi connectivity index (χ1n) is 8.96. The van der Waals surface area contributed by atoms with E-state index in [9.17, 15) is 13.2 Å². The minimum atomic E-state index is -3.77. The van der Waals surface area contributed by atoms with Crippen LogP contribution in [0.5, 0.6) is 0 Å². The second-order valence-electron chi connectivity index (χ2n) is 6.49. The molecule has 0 spiro atoms. The average molecular weight is 394 g/mol. The highest BCUT2D eigenvalue weighted by molar-refractivity contribution is 7.89. The van der Waals surface area contributed by atoms with Crippen LogP contribution in [0.25, 0.3) is 0 Å². The number of hydrogen-bond acceptors (Lipinski definition) is 3. The van der Waals surface area contributed by atoms with E-state index in [1.807, 2.05) is 36.4 Å². The molecule has 144 valence electrons. The predicted molar refractivity (Wildman–Crippen MR) is 109 cm³/mol. The number of amides is 1. The third kappa shape index (κ3) is 5.06. The molecule has 0 bridgehead atoms. The van der Waals surface area contributed by atoms with E-state index >= 15 is 0 Å². The number of carbonyl (C=O) groups is 1. The summed E-state index contributed by atoms with van der Waals surface area (Å²) in [6, 6.07) is 26.0. The number of hydrogen-bond donors (Lipinski definition) is 2. The molecule has 3 aromatic rings. The van der Waals surface area contributed by atoms with Gasteiger partial charge in [-0.25, -0.2) is 13.6 Å². The third-order valence-corrected chi connectivity index (χ3v) is 5.50. The monoisotopic (exact) mass is 394 g/mol. The van der Waals surface area contributed by atoms with Crippen LogP contribution >= 0.6 is 0 Å². The molecule has 3 aromatic carbocycles. The zero-order valence-electron chi connectivity index (χ0n) is 15.3. The number of primary sulfonamides is 1. The zero-order chi connectivity index (χ0) is 20.0. The highest BCUT2D eigenvalue weighted by Gasteiger charge is 2.15. The largest absolute Gasteiger partial charge is 0.352 e. The predicted octanol–water partition coefficient (Wildman–Crippen LogP) is 3.29. The smallest absolute Gasteiger partial charge is 0.251 e. The van der Waals surface area contributed by atoms with Crippen LogP contribution in [0.15, 0.2) is 89.8 Å². The van der Waals surface area contributed by atoms with Gasteiger partial charge >= 0.3 is 0 Å².